The Labute approximate surface area is 86.6 Å². The molecule has 3 nitrogen and oxygen atoms in total. The molecule has 1 aromatic carbocycles. The van der Waals surface area contributed by atoms with Gasteiger partial charge in [-0.05, 0) is 18.2 Å². The summed E-state index contributed by atoms with van der Waals surface area (Å²) in [6, 6.07) is 7.96. The van der Waals surface area contributed by atoms with Crippen LogP contribution >= 0.6 is 15.9 Å². The molecular weight excluding hydrogens is 230 g/mol. The number of halogens is 1. The quantitative estimate of drug-likeness (QED) is 0.744. The minimum absolute atomic E-state index is 0.0129. The molecule has 1 rings (SSSR count). The maximum Gasteiger partial charge on any atom is 0.0352 e. The van der Waals surface area contributed by atoms with Gasteiger partial charge in [-0.3, -0.25) is 0 Å². The van der Waals surface area contributed by atoms with Crippen molar-refractivity contribution in [3.05, 3.63) is 28.7 Å². The number of nitrogens with one attached hydrogen (secondary N) is 1. The molecule has 0 amide bonds. The van der Waals surface area contributed by atoms with E-state index >= 15 is 0 Å². The van der Waals surface area contributed by atoms with E-state index in [9.17, 15) is 0 Å². The maximum atomic E-state index is 5.66. The molecule has 0 radical (unpaired) electrons. The van der Waals surface area contributed by atoms with Crippen molar-refractivity contribution in [2.75, 3.05) is 18.4 Å². The minimum Gasteiger partial charge on any atom is -0.383 e. The first-order valence-corrected chi connectivity index (χ1v) is 4.96. The number of nitrogens with two attached hydrogens (primary N) is 2. The molecule has 72 valence electrons. The predicted octanol–water partition coefficient (Wildman–Crippen LogP) is 1.15. The van der Waals surface area contributed by atoms with Crippen molar-refractivity contribution >= 4 is 21.6 Å². The van der Waals surface area contributed by atoms with Gasteiger partial charge in [0.25, 0.3) is 0 Å². The first kappa shape index (κ1) is 10.5. The zero-order valence-corrected chi connectivity index (χ0v) is 8.92. The van der Waals surface area contributed by atoms with Crippen molar-refractivity contribution in [3.63, 3.8) is 0 Å². The summed E-state index contributed by atoms with van der Waals surface area (Å²) in [5, 5.41) is 3.20. The Morgan fingerprint density at radius 1 is 1.46 bits per heavy atom. The summed E-state index contributed by atoms with van der Waals surface area (Å²) in [6.07, 6.45) is 0. The summed E-state index contributed by atoms with van der Waals surface area (Å²) in [6.45, 7) is 1.20. The molecule has 0 fully saturated rings. The van der Waals surface area contributed by atoms with Crippen molar-refractivity contribution in [2.45, 2.75) is 6.04 Å². The number of hydrogen-bond acceptors (Lipinski definition) is 3. The monoisotopic (exact) mass is 243 g/mol. The molecule has 0 heterocycles. The molecule has 5 N–H and O–H groups in total. The smallest absolute Gasteiger partial charge is 0.0352 e. The molecule has 4 heteroatoms. The summed E-state index contributed by atoms with van der Waals surface area (Å²) in [5.41, 5.74) is 12.1. The molecule has 1 unspecified atom stereocenters. The molecule has 1 atom stereocenters. The lowest BCUT2D eigenvalue weighted by atomic mass is 10.3. The predicted molar refractivity (Wildman–Crippen MR) is 59.7 cm³/mol. The van der Waals surface area contributed by atoms with Gasteiger partial charge in [0.2, 0.25) is 0 Å². The van der Waals surface area contributed by atoms with Crippen LogP contribution in [0.3, 0.4) is 0 Å². The fourth-order valence-corrected chi connectivity index (χ4v) is 1.33. The molecule has 0 saturated carbocycles. The third-order valence-electron chi connectivity index (χ3n) is 1.70. The first-order chi connectivity index (χ1) is 6.22. The Hall–Kier alpha value is -0.580. The van der Waals surface area contributed by atoms with E-state index in [0.717, 1.165) is 10.2 Å². The van der Waals surface area contributed by atoms with Gasteiger partial charge in [-0.2, -0.15) is 0 Å². The topological polar surface area (TPSA) is 64.1 Å². The van der Waals surface area contributed by atoms with Gasteiger partial charge < -0.3 is 16.8 Å². The highest BCUT2D eigenvalue weighted by Crippen LogP contribution is 2.15. The Morgan fingerprint density at radius 2 is 2.23 bits per heavy atom. The van der Waals surface area contributed by atoms with Crippen LogP contribution in [-0.2, 0) is 0 Å². The second-order valence-corrected chi connectivity index (χ2v) is 3.80. The van der Waals surface area contributed by atoms with E-state index in [2.05, 4.69) is 21.2 Å². The van der Waals surface area contributed by atoms with E-state index in [0.29, 0.717) is 13.1 Å². The first-order valence-electron chi connectivity index (χ1n) is 4.17. The van der Waals surface area contributed by atoms with Crippen LogP contribution in [0.15, 0.2) is 28.7 Å². The molecule has 0 bridgehead atoms. The highest BCUT2D eigenvalue weighted by molar-refractivity contribution is 9.10. The van der Waals surface area contributed by atoms with Crippen LogP contribution < -0.4 is 16.8 Å². The minimum atomic E-state index is 0.0129. The lowest BCUT2D eigenvalue weighted by molar-refractivity contribution is 0.713. The molecule has 0 spiro atoms. The third kappa shape index (κ3) is 3.76. The van der Waals surface area contributed by atoms with Crippen molar-refractivity contribution < 1.29 is 0 Å². The largest absolute Gasteiger partial charge is 0.383 e. The lowest BCUT2D eigenvalue weighted by Crippen LogP contribution is -2.36. The summed E-state index contributed by atoms with van der Waals surface area (Å²) >= 11 is 3.39. The molecule has 1 aromatic rings. The van der Waals surface area contributed by atoms with E-state index in [4.69, 9.17) is 11.5 Å². The van der Waals surface area contributed by atoms with Crippen molar-refractivity contribution in [1.82, 2.24) is 0 Å². The fraction of sp³-hybridized carbons (Fsp3) is 0.333. The van der Waals surface area contributed by atoms with Crippen molar-refractivity contribution in [3.8, 4) is 0 Å². The van der Waals surface area contributed by atoms with Gasteiger partial charge in [-0.1, -0.05) is 22.0 Å². The van der Waals surface area contributed by atoms with E-state index in [1.165, 1.54) is 0 Å². The third-order valence-corrected chi connectivity index (χ3v) is 2.19. The van der Waals surface area contributed by atoms with Gasteiger partial charge in [0.05, 0.1) is 0 Å². The van der Waals surface area contributed by atoms with Gasteiger partial charge in [0.1, 0.15) is 0 Å². The van der Waals surface area contributed by atoms with Gasteiger partial charge in [0, 0.05) is 29.3 Å². The Morgan fingerprint density at radius 3 is 2.85 bits per heavy atom. The number of rotatable bonds is 4. The molecule has 0 aliphatic rings. The SMILES string of the molecule is NCC(N)CNc1cccc(Br)c1. The number of benzene rings is 1. The maximum absolute atomic E-state index is 5.66. The Bertz CT molecular complexity index is 265. The standard InChI is InChI=1S/C9H14BrN3/c10-7-2-1-3-9(4-7)13-6-8(12)5-11/h1-4,8,13H,5-6,11-12H2. The average molecular weight is 244 g/mol. The average Bonchev–Trinajstić information content (AvgIpc) is 2.14. The van der Waals surface area contributed by atoms with Crippen LogP contribution in [0.25, 0.3) is 0 Å². The van der Waals surface area contributed by atoms with E-state index in [-0.39, 0.29) is 6.04 Å². The molecule has 0 saturated heterocycles. The van der Waals surface area contributed by atoms with Gasteiger partial charge >= 0.3 is 0 Å². The van der Waals surface area contributed by atoms with E-state index in [1.807, 2.05) is 24.3 Å². The molecule has 0 aliphatic heterocycles. The van der Waals surface area contributed by atoms with Crippen LogP contribution in [0, 0.1) is 0 Å². The Kier molecular flexibility index (Phi) is 4.21. The normalized spacial score (nSPS) is 12.5. The van der Waals surface area contributed by atoms with Crippen LogP contribution in [0.1, 0.15) is 0 Å². The fourth-order valence-electron chi connectivity index (χ4n) is 0.931. The lowest BCUT2D eigenvalue weighted by Gasteiger charge is -2.11. The summed E-state index contributed by atoms with van der Waals surface area (Å²) in [4.78, 5) is 0. The zero-order chi connectivity index (χ0) is 9.68. The summed E-state index contributed by atoms with van der Waals surface area (Å²) in [5.74, 6) is 0. The molecular formula is C9H14BrN3. The van der Waals surface area contributed by atoms with Crippen LogP contribution in [-0.4, -0.2) is 19.1 Å². The number of hydrogen-bond donors (Lipinski definition) is 3. The highest BCUT2D eigenvalue weighted by Gasteiger charge is 1.98. The van der Waals surface area contributed by atoms with Crippen LogP contribution in [0.2, 0.25) is 0 Å². The van der Waals surface area contributed by atoms with Gasteiger partial charge in [-0.25, -0.2) is 0 Å². The summed E-state index contributed by atoms with van der Waals surface area (Å²) < 4.78 is 1.05. The van der Waals surface area contributed by atoms with Crippen LogP contribution in [0.5, 0.6) is 0 Å². The Balaban J connectivity index is 2.45. The van der Waals surface area contributed by atoms with Crippen LogP contribution in [0.4, 0.5) is 5.69 Å². The van der Waals surface area contributed by atoms with Gasteiger partial charge in [0.15, 0.2) is 0 Å². The highest BCUT2D eigenvalue weighted by atomic mass is 79.9. The second kappa shape index (κ2) is 5.21. The zero-order valence-electron chi connectivity index (χ0n) is 7.33. The van der Waals surface area contributed by atoms with E-state index < -0.39 is 0 Å². The molecule has 0 aliphatic carbocycles. The number of anilines is 1. The second-order valence-electron chi connectivity index (χ2n) is 2.89. The van der Waals surface area contributed by atoms with Crippen molar-refractivity contribution in [2.24, 2.45) is 11.5 Å². The van der Waals surface area contributed by atoms with Crippen molar-refractivity contribution in [1.29, 1.82) is 0 Å². The molecule has 0 aromatic heterocycles. The molecule has 13 heavy (non-hydrogen) atoms. The van der Waals surface area contributed by atoms with Gasteiger partial charge in [-0.15, -0.1) is 0 Å². The summed E-state index contributed by atoms with van der Waals surface area (Å²) in [7, 11) is 0. The van der Waals surface area contributed by atoms with E-state index in [1.54, 1.807) is 0 Å².